The van der Waals surface area contributed by atoms with Crippen LogP contribution in [0.2, 0.25) is 0 Å². The first-order valence-corrected chi connectivity index (χ1v) is 9.89. The standard InChI is InChI=1S/C23H25N3O3/c1-28-19-9-7-16(8-10-19)15-20(27)24-23-21(17-5-3-2-4-6-17)25-26-22(23)18-11-13-29-14-12-18/h2-10,18H,11-15H2,1H3,(H,24,27)(H,25,26). The Morgan fingerprint density at radius 2 is 1.86 bits per heavy atom. The SMILES string of the molecule is COc1ccc(CC(=O)Nc2c(-c3ccccc3)n[nH]c2C2CCOCC2)cc1. The van der Waals surface area contributed by atoms with Gasteiger partial charge in [0.25, 0.3) is 0 Å². The van der Waals surface area contributed by atoms with E-state index in [1.807, 2.05) is 54.6 Å². The average Bonchev–Trinajstić information content (AvgIpc) is 3.19. The van der Waals surface area contributed by atoms with Crippen LogP contribution in [0, 0.1) is 0 Å². The topological polar surface area (TPSA) is 76.2 Å². The van der Waals surface area contributed by atoms with Gasteiger partial charge in [-0.05, 0) is 30.5 Å². The Morgan fingerprint density at radius 3 is 2.55 bits per heavy atom. The van der Waals surface area contributed by atoms with Crippen molar-refractivity contribution in [2.45, 2.75) is 25.2 Å². The molecule has 1 fully saturated rings. The summed E-state index contributed by atoms with van der Waals surface area (Å²) in [5.41, 5.74) is 4.44. The number of aromatic amines is 1. The molecule has 0 radical (unpaired) electrons. The van der Waals surface area contributed by atoms with Crippen molar-refractivity contribution in [3.8, 4) is 17.0 Å². The van der Waals surface area contributed by atoms with Crippen molar-refractivity contribution < 1.29 is 14.3 Å². The number of nitrogens with zero attached hydrogens (tertiary/aromatic N) is 1. The Balaban J connectivity index is 1.59. The first-order chi connectivity index (χ1) is 14.2. The first-order valence-electron chi connectivity index (χ1n) is 9.89. The zero-order valence-electron chi connectivity index (χ0n) is 16.5. The van der Waals surface area contributed by atoms with Crippen molar-refractivity contribution >= 4 is 11.6 Å². The van der Waals surface area contributed by atoms with Crippen LogP contribution in [-0.2, 0) is 16.0 Å². The van der Waals surface area contributed by atoms with E-state index in [1.54, 1.807) is 7.11 Å². The Bertz CT molecular complexity index is 945. The zero-order chi connectivity index (χ0) is 20.1. The van der Waals surface area contributed by atoms with Crippen LogP contribution in [0.15, 0.2) is 54.6 Å². The number of nitrogens with one attached hydrogen (secondary N) is 2. The summed E-state index contributed by atoms with van der Waals surface area (Å²) < 4.78 is 10.7. The summed E-state index contributed by atoms with van der Waals surface area (Å²) >= 11 is 0. The number of carbonyl (C=O) groups excluding carboxylic acids is 1. The van der Waals surface area contributed by atoms with E-state index < -0.39 is 0 Å². The minimum atomic E-state index is -0.0675. The molecule has 0 bridgehead atoms. The predicted octanol–water partition coefficient (Wildman–Crippen LogP) is 4.16. The number of benzene rings is 2. The van der Waals surface area contributed by atoms with Gasteiger partial charge in [0.15, 0.2) is 0 Å². The van der Waals surface area contributed by atoms with E-state index in [1.165, 1.54) is 0 Å². The number of hydrogen-bond acceptors (Lipinski definition) is 4. The quantitative estimate of drug-likeness (QED) is 0.662. The van der Waals surface area contributed by atoms with E-state index in [0.717, 1.165) is 60.0 Å². The van der Waals surface area contributed by atoms with Crippen molar-refractivity contribution in [2.75, 3.05) is 25.6 Å². The van der Waals surface area contributed by atoms with Gasteiger partial charge in [-0.1, -0.05) is 42.5 Å². The molecule has 1 aliphatic rings. The molecular weight excluding hydrogens is 366 g/mol. The molecule has 0 atom stereocenters. The van der Waals surface area contributed by atoms with Crippen LogP contribution < -0.4 is 10.1 Å². The molecule has 0 unspecified atom stereocenters. The molecule has 2 aromatic carbocycles. The second-order valence-corrected chi connectivity index (χ2v) is 7.19. The van der Waals surface area contributed by atoms with Gasteiger partial charge in [-0.25, -0.2) is 0 Å². The number of rotatable bonds is 6. The summed E-state index contributed by atoms with van der Waals surface area (Å²) in [5.74, 6) is 1.00. The number of amides is 1. The van der Waals surface area contributed by atoms with E-state index in [-0.39, 0.29) is 12.3 Å². The van der Waals surface area contributed by atoms with E-state index in [2.05, 4.69) is 15.5 Å². The molecule has 1 amide bonds. The van der Waals surface area contributed by atoms with Crippen molar-refractivity contribution in [1.82, 2.24) is 10.2 Å². The molecule has 150 valence electrons. The normalized spacial score (nSPS) is 14.5. The third-order valence-electron chi connectivity index (χ3n) is 5.26. The zero-order valence-corrected chi connectivity index (χ0v) is 16.5. The number of carbonyl (C=O) groups is 1. The van der Waals surface area contributed by atoms with Gasteiger partial charge < -0.3 is 14.8 Å². The molecule has 4 rings (SSSR count). The maximum Gasteiger partial charge on any atom is 0.228 e. The number of ether oxygens (including phenoxy) is 2. The molecule has 2 N–H and O–H groups in total. The fourth-order valence-corrected chi connectivity index (χ4v) is 3.68. The van der Waals surface area contributed by atoms with Gasteiger partial charge in [-0.2, -0.15) is 5.10 Å². The lowest BCUT2D eigenvalue weighted by atomic mass is 9.94. The minimum Gasteiger partial charge on any atom is -0.497 e. The van der Waals surface area contributed by atoms with E-state index >= 15 is 0 Å². The molecule has 0 aliphatic carbocycles. The summed E-state index contributed by atoms with van der Waals surface area (Å²) in [6, 6.07) is 17.5. The minimum absolute atomic E-state index is 0.0675. The van der Waals surface area contributed by atoms with Crippen LogP contribution in [0.25, 0.3) is 11.3 Å². The number of anilines is 1. The van der Waals surface area contributed by atoms with Crippen LogP contribution in [-0.4, -0.2) is 36.4 Å². The van der Waals surface area contributed by atoms with Crippen molar-refractivity contribution in [1.29, 1.82) is 0 Å². The van der Waals surface area contributed by atoms with Crippen LogP contribution in [0.5, 0.6) is 5.75 Å². The van der Waals surface area contributed by atoms with Gasteiger partial charge in [-0.15, -0.1) is 0 Å². The molecule has 1 aromatic heterocycles. The van der Waals surface area contributed by atoms with E-state index in [9.17, 15) is 4.79 Å². The van der Waals surface area contributed by atoms with Crippen LogP contribution in [0.3, 0.4) is 0 Å². The molecule has 2 heterocycles. The van der Waals surface area contributed by atoms with E-state index in [0.29, 0.717) is 5.92 Å². The number of H-pyrrole nitrogens is 1. The van der Waals surface area contributed by atoms with Gasteiger partial charge in [-0.3, -0.25) is 9.89 Å². The lowest BCUT2D eigenvalue weighted by molar-refractivity contribution is -0.115. The highest BCUT2D eigenvalue weighted by atomic mass is 16.5. The fourth-order valence-electron chi connectivity index (χ4n) is 3.68. The molecule has 6 nitrogen and oxygen atoms in total. The summed E-state index contributed by atoms with van der Waals surface area (Å²) in [6.07, 6.45) is 2.12. The Hall–Kier alpha value is -3.12. The van der Waals surface area contributed by atoms with Gasteiger partial charge in [0.2, 0.25) is 5.91 Å². The molecule has 6 heteroatoms. The molecule has 3 aromatic rings. The summed E-state index contributed by atoms with van der Waals surface area (Å²) in [5, 5.41) is 10.9. The monoisotopic (exact) mass is 391 g/mol. The Morgan fingerprint density at radius 1 is 1.14 bits per heavy atom. The molecule has 0 saturated carbocycles. The number of aromatic nitrogens is 2. The van der Waals surface area contributed by atoms with Crippen LogP contribution in [0.4, 0.5) is 5.69 Å². The Labute approximate surface area is 170 Å². The summed E-state index contributed by atoms with van der Waals surface area (Å²) in [7, 11) is 1.63. The predicted molar refractivity (Wildman–Crippen MR) is 112 cm³/mol. The fraction of sp³-hybridized carbons (Fsp3) is 0.304. The Kier molecular flexibility index (Phi) is 5.91. The maximum atomic E-state index is 12.8. The van der Waals surface area contributed by atoms with Crippen LogP contribution >= 0.6 is 0 Å². The third kappa shape index (κ3) is 4.49. The van der Waals surface area contributed by atoms with E-state index in [4.69, 9.17) is 9.47 Å². The summed E-state index contributed by atoms with van der Waals surface area (Å²) in [6.45, 7) is 1.45. The van der Waals surface area contributed by atoms with Gasteiger partial charge in [0, 0.05) is 24.7 Å². The smallest absolute Gasteiger partial charge is 0.228 e. The van der Waals surface area contributed by atoms with Gasteiger partial charge in [0.05, 0.1) is 24.9 Å². The average molecular weight is 391 g/mol. The highest BCUT2D eigenvalue weighted by molar-refractivity contribution is 5.96. The molecular formula is C23H25N3O3. The highest BCUT2D eigenvalue weighted by Crippen LogP contribution is 2.36. The second-order valence-electron chi connectivity index (χ2n) is 7.19. The van der Waals surface area contributed by atoms with Crippen molar-refractivity contribution in [3.63, 3.8) is 0 Å². The van der Waals surface area contributed by atoms with Crippen molar-refractivity contribution in [2.24, 2.45) is 0 Å². The number of methoxy groups -OCH3 is 1. The maximum absolute atomic E-state index is 12.8. The highest BCUT2D eigenvalue weighted by Gasteiger charge is 2.25. The lowest BCUT2D eigenvalue weighted by Gasteiger charge is -2.22. The third-order valence-corrected chi connectivity index (χ3v) is 5.26. The largest absolute Gasteiger partial charge is 0.497 e. The van der Waals surface area contributed by atoms with Crippen LogP contribution in [0.1, 0.15) is 30.0 Å². The van der Waals surface area contributed by atoms with Crippen molar-refractivity contribution in [3.05, 3.63) is 65.9 Å². The molecule has 1 saturated heterocycles. The lowest BCUT2D eigenvalue weighted by Crippen LogP contribution is -2.19. The summed E-state index contributed by atoms with van der Waals surface area (Å²) in [4.78, 5) is 12.8. The van der Waals surface area contributed by atoms with Gasteiger partial charge in [0.1, 0.15) is 11.4 Å². The second kappa shape index (κ2) is 8.92. The molecule has 0 spiro atoms. The first kappa shape index (κ1) is 19.2. The molecule has 29 heavy (non-hydrogen) atoms. The number of hydrogen-bond donors (Lipinski definition) is 2. The molecule has 1 aliphatic heterocycles. The van der Waals surface area contributed by atoms with Gasteiger partial charge >= 0.3 is 0 Å².